The Kier molecular flexibility index (Phi) is 6.88. The predicted octanol–water partition coefficient (Wildman–Crippen LogP) is 5.74. The van der Waals surface area contributed by atoms with Crippen LogP contribution in [0.25, 0.3) is 11.1 Å². The van der Waals surface area contributed by atoms with Crippen molar-refractivity contribution < 1.29 is 4.74 Å². The van der Waals surface area contributed by atoms with Gasteiger partial charge in [-0.25, -0.2) is 4.68 Å². The summed E-state index contributed by atoms with van der Waals surface area (Å²) in [7, 11) is 0. The SMILES string of the molecule is N#Cc1ccc(-c2cc(N(Cc3ccc(OCc4ccccc4)cc3)n3cnnc3)ccc2C#N)cc1. The second-order valence-electron chi connectivity index (χ2n) is 8.35. The summed E-state index contributed by atoms with van der Waals surface area (Å²) in [6.07, 6.45) is 3.27. The van der Waals surface area contributed by atoms with Crippen LogP contribution in [-0.4, -0.2) is 14.9 Å². The van der Waals surface area contributed by atoms with Crippen molar-refractivity contribution in [3.8, 4) is 29.0 Å². The highest BCUT2D eigenvalue weighted by atomic mass is 16.5. The summed E-state index contributed by atoms with van der Waals surface area (Å²) in [5.41, 5.74) is 5.81. The Balaban J connectivity index is 1.41. The normalized spacial score (nSPS) is 10.3. The van der Waals surface area contributed by atoms with Crippen molar-refractivity contribution in [3.63, 3.8) is 0 Å². The van der Waals surface area contributed by atoms with Gasteiger partial charge in [-0.15, -0.1) is 10.2 Å². The number of ether oxygens (including phenoxy) is 1. The van der Waals surface area contributed by atoms with E-state index >= 15 is 0 Å². The first-order chi connectivity index (χ1) is 18.2. The van der Waals surface area contributed by atoms with Crippen molar-refractivity contribution in [1.29, 1.82) is 10.5 Å². The Labute approximate surface area is 215 Å². The Hall–Kier alpha value is -5.40. The minimum atomic E-state index is 0.510. The van der Waals surface area contributed by atoms with Gasteiger partial charge in [-0.2, -0.15) is 10.5 Å². The molecule has 0 aliphatic rings. The highest BCUT2D eigenvalue weighted by Gasteiger charge is 2.14. The standard InChI is InChI=1S/C30H22N6O/c31-17-23-6-10-26(11-7-23)30-16-28(13-12-27(30)18-32)36(35-21-33-34-22-35)19-24-8-14-29(15-9-24)37-20-25-4-2-1-3-5-25/h1-16,21-22H,19-20H2. The summed E-state index contributed by atoms with van der Waals surface area (Å²) >= 11 is 0. The van der Waals surface area contributed by atoms with Gasteiger partial charge in [0.15, 0.2) is 0 Å². The molecule has 0 radical (unpaired) electrons. The number of anilines is 1. The van der Waals surface area contributed by atoms with Crippen molar-refractivity contribution in [3.05, 3.63) is 132 Å². The molecule has 37 heavy (non-hydrogen) atoms. The predicted molar refractivity (Wildman–Crippen MR) is 140 cm³/mol. The molecule has 5 aromatic rings. The minimum absolute atomic E-state index is 0.510. The molecule has 0 fully saturated rings. The maximum absolute atomic E-state index is 9.72. The highest BCUT2D eigenvalue weighted by Crippen LogP contribution is 2.30. The van der Waals surface area contributed by atoms with Crippen LogP contribution in [0.4, 0.5) is 5.69 Å². The van der Waals surface area contributed by atoms with Crippen LogP contribution in [0.1, 0.15) is 22.3 Å². The molecule has 0 atom stereocenters. The average Bonchev–Trinajstić information content (AvgIpc) is 3.50. The van der Waals surface area contributed by atoms with Gasteiger partial charge in [0.05, 0.1) is 35.5 Å². The van der Waals surface area contributed by atoms with Crippen molar-refractivity contribution in [1.82, 2.24) is 14.9 Å². The molecule has 5 rings (SSSR count). The van der Waals surface area contributed by atoms with Crippen LogP contribution in [-0.2, 0) is 13.2 Å². The van der Waals surface area contributed by atoms with E-state index in [1.54, 1.807) is 30.9 Å². The van der Waals surface area contributed by atoms with E-state index in [0.29, 0.717) is 24.3 Å². The van der Waals surface area contributed by atoms with Crippen molar-refractivity contribution in [2.75, 3.05) is 5.01 Å². The second kappa shape index (κ2) is 10.9. The maximum atomic E-state index is 9.72. The molecular formula is C30H22N6O. The number of benzene rings is 4. The number of nitrogens with zero attached hydrogens (tertiary/aromatic N) is 6. The highest BCUT2D eigenvalue weighted by molar-refractivity contribution is 5.75. The van der Waals surface area contributed by atoms with Crippen LogP contribution in [0.15, 0.2) is 110 Å². The molecule has 178 valence electrons. The van der Waals surface area contributed by atoms with E-state index in [2.05, 4.69) is 22.3 Å². The molecular weight excluding hydrogens is 460 g/mol. The Bertz CT molecular complexity index is 1550. The number of hydrogen-bond acceptors (Lipinski definition) is 6. The summed E-state index contributed by atoms with van der Waals surface area (Å²) in [5.74, 6) is 0.796. The summed E-state index contributed by atoms with van der Waals surface area (Å²) in [4.78, 5) is 0. The fraction of sp³-hybridized carbons (Fsp3) is 0.0667. The van der Waals surface area contributed by atoms with Gasteiger partial charge in [0.2, 0.25) is 0 Å². The van der Waals surface area contributed by atoms with Gasteiger partial charge >= 0.3 is 0 Å². The Morgan fingerprint density at radius 2 is 1.49 bits per heavy atom. The summed E-state index contributed by atoms with van der Waals surface area (Å²) in [5, 5.41) is 28.8. The molecule has 4 aromatic carbocycles. The average molecular weight is 483 g/mol. The van der Waals surface area contributed by atoms with Crippen LogP contribution < -0.4 is 9.75 Å². The molecule has 0 saturated heterocycles. The van der Waals surface area contributed by atoms with Gasteiger partial charge < -0.3 is 4.74 Å². The monoisotopic (exact) mass is 482 g/mol. The Morgan fingerprint density at radius 1 is 0.757 bits per heavy atom. The van der Waals surface area contributed by atoms with Gasteiger partial charge in [-0.05, 0) is 59.2 Å². The molecule has 0 N–H and O–H groups in total. The molecule has 0 amide bonds. The van der Waals surface area contributed by atoms with E-state index in [4.69, 9.17) is 10.00 Å². The van der Waals surface area contributed by atoms with Crippen molar-refractivity contribution in [2.24, 2.45) is 0 Å². The van der Waals surface area contributed by atoms with E-state index in [0.717, 1.165) is 33.7 Å². The summed E-state index contributed by atoms with van der Waals surface area (Å²) in [6.45, 7) is 1.05. The molecule has 0 aliphatic heterocycles. The van der Waals surface area contributed by atoms with E-state index in [-0.39, 0.29) is 0 Å². The topological polar surface area (TPSA) is 90.8 Å². The van der Waals surface area contributed by atoms with Gasteiger partial charge in [0.25, 0.3) is 0 Å². The zero-order chi connectivity index (χ0) is 25.5. The van der Waals surface area contributed by atoms with Gasteiger partial charge in [0.1, 0.15) is 25.0 Å². The van der Waals surface area contributed by atoms with E-state index in [1.807, 2.05) is 88.5 Å². The van der Waals surface area contributed by atoms with Crippen molar-refractivity contribution >= 4 is 5.69 Å². The smallest absolute Gasteiger partial charge is 0.139 e. The lowest BCUT2D eigenvalue weighted by Crippen LogP contribution is -2.27. The molecule has 0 aliphatic carbocycles. The molecule has 7 nitrogen and oxygen atoms in total. The lowest BCUT2D eigenvalue weighted by molar-refractivity contribution is 0.306. The van der Waals surface area contributed by atoms with E-state index in [9.17, 15) is 5.26 Å². The minimum Gasteiger partial charge on any atom is -0.489 e. The van der Waals surface area contributed by atoms with E-state index in [1.165, 1.54) is 0 Å². The third-order valence-electron chi connectivity index (χ3n) is 5.94. The number of hydrogen-bond donors (Lipinski definition) is 0. The maximum Gasteiger partial charge on any atom is 0.139 e. The molecule has 0 unspecified atom stereocenters. The molecule has 1 aromatic heterocycles. The summed E-state index contributed by atoms with van der Waals surface area (Å²) in [6, 6.07) is 35.3. The molecule has 0 spiro atoms. The summed E-state index contributed by atoms with van der Waals surface area (Å²) < 4.78 is 7.74. The fourth-order valence-electron chi connectivity index (χ4n) is 3.98. The van der Waals surface area contributed by atoms with Crippen LogP contribution in [0.2, 0.25) is 0 Å². The van der Waals surface area contributed by atoms with Crippen LogP contribution in [0.5, 0.6) is 5.75 Å². The number of aromatic nitrogens is 3. The first-order valence-corrected chi connectivity index (χ1v) is 11.7. The number of rotatable bonds is 8. The fourth-order valence-corrected chi connectivity index (χ4v) is 3.98. The van der Waals surface area contributed by atoms with E-state index < -0.39 is 0 Å². The lowest BCUT2D eigenvalue weighted by atomic mass is 9.98. The van der Waals surface area contributed by atoms with Gasteiger partial charge in [0, 0.05) is 5.56 Å². The number of nitriles is 2. The first kappa shape index (κ1) is 23.3. The third kappa shape index (κ3) is 5.48. The zero-order valence-corrected chi connectivity index (χ0v) is 19.9. The molecule has 7 heteroatoms. The zero-order valence-electron chi connectivity index (χ0n) is 19.9. The molecule has 0 saturated carbocycles. The van der Waals surface area contributed by atoms with Gasteiger partial charge in [-0.1, -0.05) is 54.6 Å². The second-order valence-corrected chi connectivity index (χ2v) is 8.35. The van der Waals surface area contributed by atoms with Crippen LogP contribution >= 0.6 is 0 Å². The lowest BCUT2D eigenvalue weighted by Gasteiger charge is -2.26. The molecule has 0 bridgehead atoms. The Morgan fingerprint density at radius 3 is 2.16 bits per heavy atom. The largest absolute Gasteiger partial charge is 0.489 e. The first-order valence-electron chi connectivity index (χ1n) is 11.7. The van der Waals surface area contributed by atoms with Crippen molar-refractivity contribution in [2.45, 2.75) is 13.2 Å². The van der Waals surface area contributed by atoms with Gasteiger partial charge in [-0.3, -0.25) is 5.01 Å². The van der Waals surface area contributed by atoms with Crippen LogP contribution in [0.3, 0.4) is 0 Å². The molecule has 1 heterocycles. The third-order valence-corrected chi connectivity index (χ3v) is 5.94. The quantitative estimate of drug-likeness (QED) is 0.280. The van der Waals surface area contributed by atoms with Crippen LogP contribution in [0, 0.1) is 22.7 Å².